The number of carbonyl (C=O) groups excluding carboxylic acids is 3. The van der Waals surface area contributed by atoms with Crippen molar-refractivity contribution in [2.24, 2.45) is 0 Å². The Hall–Kier alpha value is -2.89. The molecule has 0 aromatic rings. The van der Waals surface area contributed by atoms with Crippen molar-refractivity contribution in [3.05, 3.63) is 60.8 Å². The predicted octanol–water partition coefficient (Wildman–Crippen LogP) is 22.3. The maximum Gasteiger partial charge on any atom is 0.306 e. The van der Waals surface area contributed by atoms with Gasteiger partial charge in [0.15, 0.2) is 6.10 Å². The van der Waals surface area contributed by atoms with Crippen molar-refractivity contribution < 1.29 is 28.6 Å². The highest BCUT2D eigenvalue weighted by Crippen LogP contribution is 2.18. The van der Waals surface area contributed by atoms with E-state index in [1.165, 1.54) is 212 Å². The van der Waals surface area contributed by atoms with Gasteiger partial charge in [-0.05, 0) is 64.2 Å². The normalized spacial score (nSPS) is 12.4. The molecule has 0 rings (SSSR count). The van der Waals surface area contributed by atoms with Crippen LogP contribution in [0.3, 0.4) is 0 Å². The molecule has 0 amide bonds. The zero-order chi connectivity index (χ0) is 54.3. The monoisotopic (exact) mass is 1050 g/mol. The van der Waals surface area contributed by atoms with Crippen molar-refractivity contribution in [2.45, 2.75) is 348 Å². The molecule has 0 heterocycles. The number of carbonyl (C=O) groups is 3. The molecule has 1 unspecified atom stereocenters. The smallest absolute Gasteiger partial charge is 0.306 e. The van der Waals surface area contributed by atoms with E-state index in [1.807, 2.05) is 0 Å². The highest BCUT2D eigenvalue weighted by atomic mass is 16.6. The van der Waals surface area contributed by atoms with Crippen LogP contribution in [-0.4, -0.2) is 37.2 Å². The van der Waals surface area contributed by atoms with Crippen molar-refractivity contribution in [2.75, 3.05) is 13.2 Å². The highest BCUT2D eigenvalue weighted by molar-refractivity contribution is 5.71. The van der Waals surface area contributed by atoms with Crippen LogP contribution < -0.4 is 0 Å². The Bertz CT molecular complexity index is 1340. The lowest BCUT2D eigenvalue weighted by molar-refractivity contribution is -0.167. The fraction of sp³-hybridized carbons (Fsp3) is 0.812. The van der Waals surface area contributed by atoms with Crippen LogP contribution in [0.25, 0.3) is 0 Å². The zero-order valence-electron chi connectivity index (χ0n) is 50.1. The van der Waals surface area contributed by atoms with Crippen LogP contribution in [0.15, 0.2) is 60.8 Å². The third-order valence-corrected chi connectivity index (χ3v) is 14.5. The van der Waals surface area contributed by atoms with E-state index >= 15 is 0 Å². The van der Waals surface area contributed by atoms with Gasteiger partial charge in [-0.15, -0.1) is 0 Å². The average Bonchev–Trinajstić information content (AvgIpc) is 3.41. The van der Waals surface area contributed by atoms with Gasteiger partial charge in [-0.25, -0.2) is 0 Å². The number of unbranched alkanes of at least 4 members (excludes halogenated alkanes) is 39. The second kappa shape index (κ2) is 63.6. The standard InChI is InChI=1S/C69H124O6/c1-4-7-10-13-16-18-20-22-24-26-28-29-30-31-32-33-34-35-36-37-38-39-41-42-44-46-48-50-53-56-59-62-68(71)74-65-66(64-73-67(70)61-58-55-52-15-12-9-6-3)75-69(72)63-60-57-54-51-49-47-45-43-40-27-25-23-21-19-17-14-11-8-5-2/h7,10,16,18,22,24,28-29,31-32,66H,4-6,8-9,11-15,17,19-21,23,25-27,30,33-65H2,1-3H3/b10-7-,18-16-,24-22-,29-28-,32-31-. The van der Waals surface area contributed by atoms with Crippen LogP contribution in [-0.2, 0) is 28.6 Å². The molecule has 6 heteroatoms. The van der Waals surface area contributed by atoms with Crippen LogP contribution in [0.4, 0.5) is 0 Å². The molecule has 436 valence electrons. The van der Waals surface area contributed by atoms with Gasteiger partial charge in [-0.1, -0.05) is 319 Å². The summed E-state index contributed by atoms with van der Waals surface area (Å²) in [5.74, 6) is -0.855. The molecule has 75 heavy (non-hydrogen) atoms. The third-order valence-electron chi connectivity index (χ3n) is 14.5. The molecule has 0 bridgehead atoms. The lowest BCUT2D eigenvalue weighted by Crippen LogP contribution is -2.30. The van der Waals surface area contributed by atoms with E-state index in [1.54, 1.807) is 0 Å². The molecule has 0 aliphatic rings. The van der Waals surface area contributed by atoms with Crippen LogP contribution in [0.1, 0.15) is 342 Å². The van der Waals surface area contributed by atoms with Gasteiger partial charge in [0.1, 0.15) is 13.2 Å². The summed E-state index contributed by atoms with van der Waals surface area (Å²) in [6, 6.07) is 0. The molecule has 0 aromatic carbocycles. The maximum atomic E-state index is 12.9. The number of hydrogen-bond acceptors (Lipinski definition) is 6. The number of rotatable bonds is 60. The highest BCUT2D eigenvalue weighted by Gasteiger charge is 2.19. The van der Waals surface area contributed by atoms with Crippen LogP contribution in [0, 0.1) is 0 Å². The third kappa shape index (κ3) is 61.8. The quantitative estimate of drug-likeness (QED) is 0.0261. The Morgan fingerprint density at radius 3 is 0.813 bits per heavy atom. The Labute approximate surface area is 466 Å². The maximum absolute atomic E-state index is 12.9. The lowest BCUT2D eigenvalue weighted by Gasteiger charge is -2.18. The SMILES string of the molecule is CC/C=C\C/C=C\C/C=C\C/C=C\C/C=C\CCCCCCCCCCCCCCCCCC(=O)OCC(COC(=O)CCCCCCCCC)OC(=O)CCCCCCCCCCCCCCCCCCCCC. The van der Waals surface area contributed by atoms with Crippen LogP contribution in [0.5, 0.6) is 0 Å². The van der Waals surface area contributed by atoms with Crippen LogP contribution in [0.2, 0.25) is 0 Å². The fourth-order valence-electron chi connectivity index (χ4n) is 9.65. The molecule has 0 saturated carbocycles. The number of esters is 3. The first kappa shape index (κ1) is 72.1. The molecular formula is C69H124O6. The van der Waals surface area contributed by atoms with Crippen molar-refractivity contribution in [1.29, 1.82) is 0 Å². The van der Waals surface area contributed by atoms with Gasteiger partial charge < -0.3 is 14.2 Å². The largest absolute Gasteiger partial charge is 0.462 e. The minimum absolute atomic E-state index is 0.0684. The second-order valence-electron chi connectivity index (χ2n) is 22.0. The summed E-state index contributed by atoms with van der Waals surface area (Å²) < 4.78 is 16.9. The van der Waals surface area contributed by atoms with Crippen LogP contribution >= 0.6 is 0 Å². The summed E-state index contributed by atoms with van der Waals surface area (Å²) in [6.45, 7) is 6.53. The van der Waals surface area contributed by atoms with E-state index in [2.05, 4.69) is 81.5 Å². The summed E-state index contributed by atoms with van der Waals surface area (Å²) in [4.78, 5) is 38.1. The van der Waals surface area contributed by atoms with E-state index in [-0.39, 0.29) is 31.1 Å². The van der Waals surface area contributed by atoms with E-state index in [0.717, 1.165) is 89.9 Å². The first-order valence-electron chi connectivity index (χ1n) is 32.8. The van der Waals surface area contributed by atoms with E-state index < -0.39 is 6.10 Å². The second-order valence-corrected chi connectivity index (χ2v) is 22.0. The molecule has 0 aliphatic carbocycles. The summed E-state index contributed by atoms with van der Waals surface area (Å²) in [6.07, 6.45) is 81.2. The fourth-order valence-corrected chi connectivity index (χ4v) is 9.65. The van der Waals surface area contributed by atoms with Gasteiger partial charge in [0, 0.05) is 19.3 Å². The average molecular weight is 1050 g/mol. The van der Waals surface area contributed by atoms with Gasteiger partial charge in [0.25, 0.3) is 0 Å². The topological polar surface area (TPSA) is 78.9 Å². The van der Waals surface area contributed by atoms with Crippen molar-refractivity contribution in [3.8, 4) is 0 Å². The van der Waals surface area contributed by atoms with Crippen molar-refractivity contribution in [1.82, 2.24) is 0 Å². The molecule has 0 N–H and O–H groups in total. The Morgan fingerprint density at radius 2 is 0.520 bits per heavy atom. The van der Waals surface area contributed by atoms with Crippen molar-refractivity contribution >= 4 is 17.9 Å². The van der Waals surface area contributed by atoms with Gasteiger partial charge in [0.2, 0.25) is 0 Å². The zero-order valence-corrected chi connectivity index (χ0v) is 50.1. The van der Waals surface area contributed by atoms with Crippen molar-refractivity contribution in [3.63, 3.8) is 0 Å². The molecule has 0 aliphatic heterocycles. The molecule has 0 radical (unpaired) electrons. The predicted molar refractivity (Wildman–Crippen MR) is 325 cm³/mol. The molecule has 0 fully saturated rings. The molecule has 1 atom stereocenters. The molecular weight excluding hydrogens is 925 g/mol. The molecule has 0 spiro atoms. The number of hydrogen-bond donors (Lipinski definition) is 0. The number of ether oxygens (including phenoxy) is 3. The van der Waals surface area contributed by atoms with Gasteiger partial charge in [-0.3, -0.25) is 14.4 Å². The first-order valence-corrected chi connectivity index (χ1v) is 32.8. The van der Waals surface area contributed by atoms with Gasteiger partial charge in [0.05, 0.1) is 0 Å². The molecule has 0 saturated heterocycles. The Morgan fingerprint density at radius 1 is 0.280 bits per heavy atom. The Kier molecular flexibility index (Phi) is 61.2. The summed E-state index contributed by atoms with van der Waals surface area (Å²) in [7, 11) is 0. The minimum atomic E-state index is -0.768. The molecule has 0 aromatic heterocycles. The van der Waals surface area contributed by atoms with E-state index in [4.69, 9.17) is 14.2 Å². The number of allylic oxidation sites excluding steroid dienone is 10. The summed E-state index contributed by atoms with van der Waals surface area (Å²) in [5.41, 5.74) is 0. The lowest BCUT2D eigenvalue weighted by atomic mass is 10.0. The van der Waals surface area contributed by atoms with E-state index in [0.29, 0.717) is 19.3 Å². The first-order chi connectivity index (χ1) is 37.0. The Balaban J connectivity index is 4.04. The minimum Gasteiger partial charge on any atom is -0.462 e. The van der Waals surface area contributed by atoms with Gasteiger partial charge in [-0.2, -0.15) is 0 Å². The summed E-state index contributed by atoms with van der Waals surface area (Å²) >= 11 is 0. The summed E-state index contributed by atoms with van der Waals surface area (Å²) in [5, 5.41) is 0. The van der Waals surface area contributed by atoms with Gasteiger partial charge >= 0.3 is 17.9 Å². The molecule has 6 nitrogen and oxygen atoms in total. The van der Waals surface area contributed by atoms with E-state index in [9.17, 15) is 14.4 Å².